The van der Waals surface area contributed by atoms with Crippen molar-refractivity contribution in [1.82, 2.24) is 9.84 Å². The molecule has 0 aromatic heterocycles. The molecular formula is C12H11N3O6S. The summed E-state index contributed by atoms with van der Waals surface area (Å²) < 4.78 is 24.2. The number of nitro groups is 1. The Morgan fingerprint density at radius 1 is 1.27 bits per heavy atom. The van der Waals surface area contributed by atoms with Gasteiger partial charge >= 0.3 is 0 Å². The number of amides is 2. The summed E-state index contributed by atoms with van der Waals surface area (Å²) in [4.78, 5) is 33.9. The fourth-order valence-electron chi connectivity index (χ4n) is 1.83. The lowest BCUT2D eigenvalue weighted by Crippen LogP contribution is -2.46. The number of sulfonamides is 1. The van der Waals surface area contributed by atoms with Gasteiger partial charge in [0.25, 0.3) is 27.5 Å². The molecule has 0 unspecified atom stereocenters. The molecule has 2 rings (SSSR count). The van der Waals surface area contributed by atoms with Crippen LogP contribution in [0.1, 0.15) is 24.2 Å². The number of nitro benzene ring substituents is 1. The standard InChI is InChI=1S/C12H11N3O6S/c1-7-8(2)22(20,21)14(12(7)17)13-11(16)9-5-3-4-6-10(9)15(18)19/h3-6H,1-2H3,(H,13,16). The Labute approximate surface area is 125 Å². The van der Waals surface area contributed by atoms with Crippen molar-refractivity contribution in [3.05, 3.63) is 50.4 Å². The zero-order valence-electron chi connectivity index (χ0n) is 11.6. The summed E-state index contributed by atoms with van der Waals surface area (Å²) >= 11 is 0. The molecule has 1 aromatic rings. The molecule has 2 amide bonds. The largest absolute Gasteiger partial charge is 0.283 e. The molecule has 1 aliphatic rings. The molecule has 0 radical (unpaired) electrons. The number of rotatable bonds is 3. The maximum absolute atomic E-state index is 12.1. The molecule has 9 nitrogen and oxygen atoms in total. The van der Waals surface area contributed by atoms with E-state index in [0.717, 1.165) is 12.1 Å². The van der Waals surface area contributed by atoms with Gasteiger partial charge in [0, 0.05) is 11.6 Å². The molecule has 0 bridgehead atoms. The van der Waals surface area contributed by atoms with Crippen molar-refractivity contribution in [1.29, 1.82) is 0 Å². The average molecular weight is 325 g/mol. The lowest BCUT2D eigenvalue weighted by molar-refractivity contribution is -0.385. The number of hydrazine groups is 1. The summed E-state index contributed by atoms with van der Waals surface area (Å²) in [5.74, 6) is -1.96. The number of nitrogens with one attached hydrogen (secondary N) is 1. The fraction of sp³-hybridized carbons (Fsp3) is 0.167. The first-order valence-electron chi connectivity index (χ1n) is 5.99. The van der Waals surface area contributed by atoms with Gasteiger partial charge in [-0.05, 0) is 19.9 Å². The van der Waals surface area contributed by atoms with Gasteiger partial charge in [0.1, 0.15) is 5.56 Å². The molecule has 0 saturated carbocycles. The van der Waals surface area contributed by atoms with E-state index >= 15 is 0 Å². The summed E-state index contributed by atoms with van der Waals surface area (Å²) in [5.41, 5.74) is 1.03. The molecular weight excluding hydrogens is 314 g/mol. The number of hydrogen-bond acceptors (Lipinski definition) is 6. The van der Waals surface area contributed by atoms with Gasteiger partial charge in [-0.2, -0.15) is 8.42 Å². The van der Waals surface area contributed by atoms with Crippen LogP contribution < -0.4 is 5.43 Å². The van der Waals surface area contributed by atoms with Crippen molar-refractivity contribution in [2.24, 2.45) is 0 Å². The van der Waals surface area contributed by atoms with E-state index in [1.165, 1.54) is 26.0 Å². The van der Waals surface area contributed by atoms with E-state index in [4.69, 9.17) is 0 Å². The fourth-order valence-corrected chi connectivity index (χ4v) is 3.14. The molecule has 1 N–H and O–H groups in total. The molecule has 10 heteroatoms. The Balaban J connectivity index is 2.36. The van der Waals surface area contributed by atoms with Gasteiger partial charge in [0.05, 0.1) is 9.83 Å². The molecule has 0 spiro atoms. The summed E-state index contributed by atoms with van der Waals surface area (Å²) in [6.45, 7) is 2.55. The van der Waals surface area contributed by atoms with Crippen LogP contribution in [-0.2, 0) is 14.8 Å². The number of allylic oxidation sites excluding steroid dienone is 1. The molecule has 0 saturated heterocycles. The lowest BCUT2D eigenvalue weighted by atomic mass is 10.2. The second-order valence-electron chi connectivity index (χ2n) is 4.47. The molecule has 0 fully saturated rings. The zero-order chi connectivity index (χ0) is 16.7. The predicted molar refractivity (Wildman–Crippen MR) is 74.7 cm³/mol. The molecule has 0 atom stereocenters. The first-order chi connectivity index (χ1) is 10.2. The van der Waals surface area contributed by atoms with Crippen LogP contribution in [0.15, 0.2) is 34.7 Å². The number of benzene rings is 1. The third kappa shape index (κ3) is 2.33. The molecule has 22 heavy (non-hydrogen) atoms. The Kier molecular flexibility index (Phi) is 3.71. The second kappa shape index (κ2) is 5.22. The topological polar surface area (TPSA) is 127 Å². The summed E-state index contributed by atoms with van der Waals surface area (Å²) in [6, 6.07) is 5.01. The van der Waals surface area contributed by atoms with Gasteiger partial charge in [0.15, 0.2) is 0 Å². The van der Waals surface area contributed by atoms with E-state index in [1.54, 1.807) is 0 Å². The summed E-state index contributed by atoms with van der Waals surface area (Å²) in [5, 5.41) is 10.9. The number of carbonyl (C=O) groups excluding carboxylic acids is 2. The van der Waals surface area contributed by atoms with E-state index in [9.17, 15) is 28.1 Å². The number of nitrogens with zero attached hydrogens (tertiary/aromatic N) is 2. The highest BCUT2D eigenvalue weighted by Gasteiger charge is 2.41. The maximum Gasteiger partial charge on any atom is 0.283 e. The number of para-hydroxylation sites is 1. The summed E-state index contributed by atoms with van der Waals surface area (Å²) in [6.07, 6.45) is 0. The quantitative estimate of drug-likeness (QED) is 0.644. The molecule has 1 aliphatic heterocycles. The highest BCUT2D eigenvalue weighted by molar-refractivity contribution is 7.94. The van der Waals surface area contributed by atoms with Gasteiger partial charge < -0.3 is 0 Å². The van der Waals surface area contributed by atoms with Crippen molar-refractivity contribution in [3.63, 3.8) is 0 Å². The van der Waals surface area contributed by atoms with Gasteiger partial charge in [-0.3, -0.25) is 19.7 Å². The SMILES string of the molecule is CC1=C(C)S(=O)(=O)N(NC(=O)c2ccccc2[N+](=O)[O-])C1=O. The Morgan fingerprint density at radius 3 is 2.36 bits per heavy atom. The van der Waals surface area contributed by atoms with E-state index in [1.807, 2.05) is 5.43 Å². The second-order valence-corrected chi connectivity index (χ2v) is 6.40. The third-order valence-corrected chi connectivity index (χ3v) is 5.03. The lowest BCUT2D eigenvalue weighted by Gasteiger charge is -2.16. The van der Waals surface area contributed by atoms with E-state index < -0.39 is 32.4 Å². The van der Waals surface area contributed by atoms with Gasteiger partial charge in [0.2, 0.25) is 0 Å². The third-order valence-electron chi connectivity index (χ3n) is 3.21. The van der Waals surface area contributed by atoms with E-state index in [0.29, 0.717) is 0 Å². The van der Waals surface area contributed by atoms with Gasteiger partial charge in [-0.15, -0.1) is 4.41 Å². The predicted octanol–water partition coefficient (Wildman–Crippen LogP) is 0.706. The molecule has 0 aliphatic carbocycles. The minimum atomic E-state index is -4.14. The van der Waals surface area contributed by atoms with E-state index in [2.05, 4.69) is 0 Å². The van der Waals surface area contributed by atoms with Crippen molar-refractivity contribution in [2.75, 3.05) is 0 Å². The van der Waals surface area contributed by atoms with Gasteiger partial charge in [-0.25, -0.2) is 5.43 Å². The van der Waals surface area contributed by atoms with Crippen LogP contribution in [0.2, 0.25) is 0 Å². The van der Waals surface area contributed by atoms with Crippen LogP contribution in [0.5, 0.6) is 0 Å². The van der Waals surface area contributed by atoms with Crippen LogP contribution in [0.25, 0.3) is 0 Å². The van der Waals surface area contributed by atoms with Gasteiger partial charge in [-0.1, -0.05) is 12.1 Å². The van der Waals surface area contributed by atoms with Crippen molar-refractivity contribution < 1.29 is 22.9 Å². The average Bonchev–Trinajstić information content (AvgIpc) is 2.62. The van der Waals surface area contributed by atoms with Crippen molar-refractivity contribution >= 4 is 27.5 Å². The molecule has 1 aromatic carbocycles. The van der Waals surface area contributed by atoms with E-state index in [-0.39, 0.29) is 20.5 Å². The van der Waals surface area contributed by atoms with Crippen LogP contribution in [-0.4, -0.2) is 29.6 Å². The van der Waals surface area contributed by atoms with Crippen LogP contribution >= 0.6 is 0 Å². The minimum absolute atomic E-state index is 0.0251. The highest BCUT2D eigenvalue weighted by Crippen LogP contribution is 2.26. The normalized spacial score (nSPS) is 16.8. The smallest absolute Gasteiger partial charge is 0.267 e. The minimum Gasteiger partial charge on any atom is -0.267 e. The molecule has 1 heterocycles. The monoisotopic (exact) mass is 325 g/mol. The Morgan fingerprint density at radius 2 is 1.86 bits per heavy atom. The molecule has 116 valence electrons. The van der Waals surface area contributed by atoms with Crippen LogP contribution in [0, 0.1) is 10.1 Å². The highest BCUT2D eigenvalue weighted by atomic mass is 32.2. The summed E-state index contributed by atoms with van der Waals surface area (Å²) in [7, 11) is -4.14. The maximum atomic E-state index is 12.1. The first-order valence-corrected chi connectivity index (χ1v) is 7.43. The van der Waals surface area contributed by atoms with Crippen molar-refractivity contribution in [2.45, 2.75) is 13.8 Å². The Hall–Kier alpha value is -2.75. The zero-order valence-corrected chi connectivity index (χ0v) is 12.4. The van der Waals surface area contributed by atoms with Crippen LogP contribution in [0.4, 0.5) is 5.69 Å². The van der Waals surface area contributed by atoms with Crippen molar-refractivity contribution in [3.8, 4) is 0 Å². The first kappa shape index (κ1) is 15.6. The van der Waals surface area contributed by atoms with Crippen LogP contribution in [0.3, 0.4) is 0 Å². The Bertz CT molecular complexity index is 827. The number of carbonyl (C=O) groups is 2. The number of hydrogen-bond donors (Lipinski definition) is 1.